The molecule has 0 radical (unpaired) electrons. The Hall–Kier alpha value is -3.63. The number of nitrogens with one attached hydrogen (secondary N) is 3. The number of rotatable bonds is 6. The number of pyridine rings is 1. The Labute approximate surface area is 161 Å². The van der Waals surface area contributed by atoms with E-state index in [1.165, 1.54) is 24.4 Å². The number of aromatic amines is 1. The summed E-state index contributed by atoms with van der Waals surface area (Å²) in [6.07, 6.45) is -3.33. The first-order valence-corrected chi connectivity index (χ1v) is 8.52. The van der Waals surface area contributed by atoms with Gasteiger partial charge in [0.2, 0.25) is 5.91 Å². The molecule has 0 saturated heterocycles. The van der Waals surface area contributed by atoms with Crippen molar-refractivity contribution in [3.63, 3.8) is 0 Å². The molecule has 2 heterocycles. The molecule has 0 spiro atoms. The summed E-state index contributed by atoms with van der Waals surface area (Å²) < 4.78 is 39.6. The van der Waals surface area contributed by atoms with Gasteiger partial charge in [-0.1, -0.05) is 12.1 Å². The molecule has 2 aromatic heterocycles. The SMILES string of the molecule is O=C(Cn1[nH]c(=O)c2ccccc2c1=O)NCCNc1ncccc1C(F)(F)F. The fourth-order valence-electron chi connectivity index (χ4n) is 2.72. The quantitative estimate of drug-likeness (QED) is 0.535. The minimum Gasteiger partial charge on any atom is -0.368 e. The minimum atomic E-state index is -4.55. The van der Waals surface area contributed by atoms with Crippen LogP contribution in [-0.4, -0.2) is 33.8 Å². The van der Waals surface area contributed by atoms with Gasteiger partial charge in [-0.05, 0) is 24.3 Å². The summed E-state index contributed by atoms with van der Waals surface area (Å²) in [6, 6.07) is 8.28. The topological polar surface area (TPSA) is 109 Å². The molecule has 3 aromatic rings. The number of halogens is 3. The van der Waals surface area contributed by atoms with E-state index in [1.54, 1.807) is 12.1 Å². The molecule has 29 heavy (non-hydrogen) atoms. The van der Waals surface area contributed by atoms with Gasteiger partial charge in [0.1, 0.15) is 12.4 Å². The van der Waals surface area contributed by atoms with E-state index in [2.05, 4.69) is 20.7 Å². The molecule has 0 aliphatic rings. The summed E-state index contributed by atoms with van der Waals surface area (Å²) in [7, 11) is 0. The zero-order chi connectivity index (χ0) is 21.0. The molecule has 0 atom stereocenters. The maximum atomic E-state index is 12.9. The monoisotopic (exact) mass is 407 g/mol. The molecule has 0 aliphatic heterocycles. The molecule has 8 nitrogen and oxygen atoms in total. The normalized spacial score (nSPS) is 11.4. The van der Waals surface area contributed by atoms with Crippen LogP contribution in [0.25, 0.3) is 10.8 Å². The van der Waals surface area contributed by atoms with Gasteiger partial charge in [-0.3, -0.25) is 19.5 Å². The first-order valence-electron chi connectivity index (χ1n) is 8.52. The second-order valence-corrected chi connectivity index (χ2v) is 6.05. The zero-order valence-corrected chi connectivity index (χ0v) is 14.9. The molecule has 0 aliphatic carbocycles. The highest BCUT2D eigenvalue weighted by molar-refractivity contribution is 5.81. The lowest BCUT2D eigenvalue weighted by Crippen LogP contribution is -2.38. The van der Waals surface area contributed by atoms with Crippen LogP contribution in [0.1, 0.15) is 5.56 Å². The second-order valence-electron chi connectivity index (χ2n) is 6.05. The number of H-pyrrole nitrogens is 1. The predicted octanol–water partition coefficient (Wildman–Crippen LogP) is 1.33. The Morgan fingerprint density at radius 3 is 2.52 bits per heavy atom. The van der Waals surface area contributed by atoms with E-state index >= 15 is 0 Å². The summed E-state index contributed by atoms with van der Waals surface area (Å²) in [5, 5.41) is 7.70. The third kappa shape index (κ3) is 4.62. The molecule has 1 amide bonds. The number of fused-ring (bicyclic) bond motifs is 1. The van der Waals surface area contributed by atoms with Gasteiger partial charge in [-0.2, -0.15) is 13.2 Å². The molecule has 152 valence electrons. The number of carbonyl (C=O) groups excluding carboxylic acids is 1. The van der Waals surface area contributed by atoms with Crippen LogP contribution in [0, 0.1) is 0 Å². The van der Waals surface area contributed by atoms with E-state index < -0.39 is 35.3 Å². The van der Waals surface area contributed by atoms with Gasteiger partial charge in [0.25, 0.3) is 11.1 Å². The number of hydrogen-bond acceptors (Lipinski definition) is 5. The fraction of sp³-hybridized carbons (Fsp3) is 0.222. The lowest BCUT2D eigenvalue weighted by molar-refractivity contribution is -0.137. The van der Waals surface area contributed by atoms with E-state index in [0.29, 0.717) is 0 Å². The average Bonchev–Trinajstić information content (AvgIpc) is 2.69. The molecule has 3 rings (SSSR count). The maximum Gasteiger partial charge on any atom is 0.419 e. The highest BCUT2D eigenvalue weighted by Crippen LogP contribution is 2.33. The fourth-order valence-corrected chi connectivity index (χ4v) is 2.72. The van der Waals surface area contributed by atoms with Crippen molar-refractivity contribution in [2.45, 2.75) is 12.7 Å². The van der Waals surface area contributed by atoms with Crippen molar-refractivity contribution >= 4 is 22.5 Å². The van der Waals surface area contributed by atoms with Crippen LogP contribution in [-0.2, 0) is 17.5 Å². The lowest BCUT2D eigenvalue weighted by Gasteiger charge is -2.13. The maximum absolute atomic E-state index is 12.9. The third-order valence-electron chi connectivity index (χ3n) is 4.04. The molecule has 1 aromatic carbocycles. The smallest absolute Gasteiger partial charge is 0.368 e. The average molecular weight is 407 g/mol. The summed E-state index contributed by atoms with van der Waals surface area (Å²) in [4.78, 5) is 40.0. The first-order chi connectivity index (χ1) is 13.8. The molecule has 3 N–H and O–H groups in total. The number of alkyl halides is 3. The van der Waals surface area contributed by atoms with Crippen molar-refractivity contribution < 1.29 is 18.0 Å². The van der Waals surface area contributed by atoms with Crippen LogP contribution in [0.15, 0.2) is 52.2 Å². The summed E-state index contributed by atoms with van der Waals surface area (Å²) in [5.74, 6) is -0.929. The second kappa shape index (κ2) is 8.17. The van der Waals surface area contributed by atoms with Gasteiger partial charge < -0.3 is 10.6 Å². The highest BCUT2D eigenvalue weighted by Gasteiger charge is 2.33. The molecule has 0 bridgehead atoms. The molecule has 0 fully saturated rings. The highest BCUT2D eigenvalue weighted by atomic mass is 19.4. The molecule has 11 heteroatoms. The molecule has 0 saturated carbocycles. The van der Waals surface area contributed by atoms with Crippen LogP contribution in [0.4, 0.5) is 19.0 Å². The number of benzene rings is 1. The van der Waals surface area contributed by atoms with E-state index in [-0.39, 0.29) is 29.7 Å². The van der Waals surface area contributed by atoms with Gasteiger partial charge in [-0.25, -0.2) is 9.67 Å². The van der Waals surface area contributed by atoms with Crippen molar-refractivity contribution in [2.75, 3.05) is 18.4 Å². The number of anilines is 1. The first kappa shape index (κ1) is 20.1. The van der Waals surface area contributed by atoms with Gasteiger partial charge in [0, 0.05) is 19.3 Å². The van der Waals surface area contributed by atoms with Gasteiger partial charge >= 0.3 is 6.18 Å². The minimum absolute atomic E-state index is 0.0146. The molecular formula is C18H16F3N5O3. The Balaban J connectivity index is 1.60. The summed E-state index contributed by atoms with van der Waals surface area (Å²) in [5.41, 5.74) is -1.95. The van der Waals surface area contributed by atoms with Crippen molar-refractivity contribution in [3.05, 3.63) is 68.9 Å². The Bertz CT molecular complexity index is 1150. The zero-order valence-electron chi connectivity index (χ0n) is 14.9. The van der Waals surface area contributed by atoms with Gasteiger partial charge in [0.05, 0.1) is 16.3 Å². The number of aromatic nitrogens is 3. The van der Waals surface area contributed by atoms with Crippen LogP contribution in [0.5, 0.6) is 0 Å². The van der Waals surface area contributed by atoms with E-state index in [0.717, 1.165) is 10.7 Å². The standard InChI is InChI=1S/C18H16F3N5O3/c19-18(20,21)13-6-3-7-23-15(13)24-9-8-22-14(27)10-26-17(29)12-5-2-1-4-11(12)16(28)25-26/h1-7H,8-10H2,(H,22,27)(H,23,24)(H,25,28). The van der Waals surface area contributed by atoms with E-state index in [4.69, 9.17) is 0 Å². The lowest BCUT2D eigenvalue weighted by atomic mass is 10.2. The summed E-state index contributed by atoms with van der Waals surface area (Å²) >= 11 is 0. The van der Waals surface area contributed by atoms with Crippen molar-refractivity contribution in [2.24, 2.45) is 0 Å². The van der Waals surface area contributed by atoms with Crippen molar-refractivity contribution in [3.8, 4) is 0 Å². The van der Waals surface area contributed by atoms with Crippen LogP contribution in [0.2, 0.25) is 0 Å². The number of carbonyl (C=O) groups is 1. The molecule has 0 unspecified atom stereocenters. The third-order valence-corrected chi connectivity index (χ3v) is 4.04. The Morgan fingerprint density at radius 2 is 1.79 bits per heavy atom. The van der Waals surface area contributed by atoms with Crippen LogP contribution < -0.4 is 21.8 Å². The Kier molecular flexibility index (Phi) is 5.66. The Morgan fingerprint density at radius 1 is 1.07 bits per heavy atom. The largest absolute Gasteiger partial charge is 0.419 e. The number of hydrogen-bond donors (Lipinski definition) is 3. The summed E-state index contributed by atoms with van der Waals surface area (Å²) in [6.45, 7) is -0.468. The van der Waals surface area contributed by atoms with E-state index in [1.807, 2.05) is 0 Å². The van der Waals surface area contributed by atoms with Gasteiger partial charge in [0.15, 0.2) is 0 Å². The van der Waals surface area contributed by atoms with Crippen molar-refractivity contribution in [1.29, 1.82) is 0 Å². The predicted molar refractivity (Wildman–Crippen MR) is 99.6 cm³/mol. The molecular weight excluding hydrogens is 391 g/mol. The van der Waals surface area contributed by atoms with E-state index in [9.17, 15) is 27.6 Å². The van der Waals surface area contributed by atoms with Crippen molar-refractivity contribution in [1.82, 2.24) is 20.1 Å². The number of nitrogens with zero attached hydrogens (tertiary/aromatic N) is 2. The van der Waals surface area contributed by atoms with Gasteiger partial charge in [-0.15, -0.1) is 0 Å². The van der Waals surface area contributed by atoms with Crippen LogP contribution in [0.3, 0.4) is 0 Å². The van der Waals surface area contributed by atoms with Crippen LogP contribution >= 0.6 is 0 Å². The number of amides is 1.